The van der Waals surface area contributed by atoms with Crippen LogP contribution in [-0.2, 0) is 11.3 Å². The molecular formula is C50H57ClN4O4. The maximum absolute atomic E-state index is 12.0. The summed E-state index contributed by atoms with van der Waals surface area (Å²) in [6.07, 6.45) is 7.64. The molecule has 3 heterocycles. The third-order valence-corrected chi connectivity index (χ3v) is 12.6. The third kappa shape index (κ3) is 8.90. The first-order chi connectivity index (χ1) is 28.6. The predicted molar refractivity (Wildman–Crippen MR) is 242 cm³/mol. The standard InChI is InChI=1S/C41H39ClN2O3.C9H18N2O/c1-4-22-44-38-23-28(41(45)46)12-16-34(38)39(27-8-6-5-7-9-27)40(44)32-19-21-36-31(25(32)2)18-20-37(43-36)35-24-30(47-3)15-17-33(35)26-10-13-29(42)14-11-26;1-3-9(12)11-7-5-10(4-2)6-8-11/h10-21,23-24,27H,4-9,22H2,1-3H3,(H,45,46);3-8H2,1-2H3. The van der Waals surface area contributed by atoms with Crippen LogP contribution in [-0.4, -0.2) is 76.2 Å². The van der Waals surface area contributed by atoms with E-state index < -0.39 is 5.97 Å². The largest absolute Gasteiger partial charge is 0.497 e. The van der Waals surface area contributed by atoms with Gasteiger partial charge in [0.05, 0.1) is 29.6 Å². The van der Waals surface area contributed by atoms with E-state index in [2.05, 4.69) is 66.6 Å². The molecule has 2 aromatic heterocycles. The van der Waals surface area contributed by atoms with Crippen LogP contribution < -0.4 is 4.74 Å². The van der Waals surface area contributed by atoms with Crippen LogP contribution in [0.5, 0.6) is 5.75 Å². The van der Waals surface area contributed by atoms with Crippen LogP contribution >= 0.6 is 11.6 Å². The van der Waals surface area contributed by atoms with E-state index in [0.29, 0.717) is 28.8 Å². The second-order valence-electron chi connectivity index (χ2n) is 15.9. The van der Waals surface area contributed by atoms with Crippen molar-refractivity contribution in [2.24, 2.45) is 0 Å². The summed E-state index contributed by atoms with van der Waals surface area (Å²) in [5, 5.41) is 12.9. The van der Waals surface area contributed by atoms with Crippen LogP contribution in [0.4, 0.5) is 0 Å². The number of aromatic nitrogens is 2. The summed E-state index contributed by atoms with van der Waals surface area (Å²) in [6, 6.07) is 28.3. The van der Waals surface area contributed by atoms with Gasteiger partial charge in [0.2, 0.25) is 5.91 Å². The van der Waals surface area contributed by atoms with Crippen molar-refractivity contribution in [2.75, 3.05) is 39.8 Å². The fraction of sp³-hybridized carbons (Fsp3) is 0.380. The van der Waals surface area contributed by atoms with E-state index in [1.54, 1.807) is 13.2 Å². The lowest BCUT2D eigenvalue weighted by Crippen LogP contribution is -2.48. The highest BCUT2D eigenvalue weighted by molar-refractivity contribution is 6.30. The van der Waals surface area contributed by atoms with Crippen LogP contribution in [0.2, 0.25) is 5.02 Å². The molecule has 0 spiro atoms. The van der Waals surface area contributed by atoms with Crippen molar-refractivity contribution in [3.05, 3.63) is 107 Å². The first-order valence-electron chi connectivity index (χ1n) is 21.4. The fourth-order valence-electron chi connectivity index (χ4n) is 9.10. The molecule has 2 fully saturated rings. The number of amides is 1. The molecular weight excluding hydrogens is 756 g/mol. The first kappa shape index (κ1) is 42.0. The maximum Gasteiger partial charge on any atom is 0.335 e. The molecule has 2 aliphatic rings. The Balaban J connectivity index is 0.000000380. The van der Waals surface area contributed by atoms with E-state index in [1.165, 1.54) is 47.0 Å². The number of fused-ring (bicyclic) bond motifs is 2. The van der Waals surface area contributed by atoms with Crippen LogP contribution in [0.1, 0.15) is 93.1 Å². The van der Waals surface area contributed by atoms with Gasteiger partial charge in [-0.15, -0.1) is 0 Å². The molecule has 1 aliphatic carbocycles. The van der Waals surface area contributed by atoms with E-state index in [4.69, 9.17) is 21.3 Å². The van der Waals surface area contributed by atoms with Crippen molar-refractivity contribution < 1.29 is 19.4 Å². The van der Waals surface area contributed by atoms with Crippen molar-refractivity contribution >= 4 is 45.3 Å². The Morgan fingerprint density at radius 1 is 0.814 bits per heavy atom. The molecule has 1 aliphatic heterocycles. The van der Waals surface area contributed by atoms with Gasteiger partial charge < -0.3 is 24.2 Å². The van der Waals surface area contributed by atoms with Crippen LogP contribution in [0.15, 0.2) is 84.9 Å². The van der Waals surface area contributed by atoms with Gasteiger partial charge in [-0.1, -0.05) is 88.0 Å². The molecule has 1 N–H and O–H groups in total. The molecule has 9 heteroatoms. The Morgan fingerprint density at radius 2 is 1.53 bits per heavy atom. The minimum Gasteiger partial charge on any atom is -0.497 e. The van der Waals surface area contributed by atoms with Gasteiger partial charge in [0.25, 0.3) is 0 Å². The minimum atomic E-state index is -0.893. The van der Waals surface area contributed by atoms with Gasteiger partial charge in [-0.2, -0.15) is 0 Å². The van der Waals surface area contributed by atoms with Crippen molar-refractivity contribution in [2.45, 2.75) is 85.1 Å². The number of likely N-dealkylation sites (N-methyl/N-ethyl adjacent to an activating group) is 1. The molecule has 8 nitrogen and oxygen atoms in total. The fourth-order valence-corrected chi connectivity index (χ4v) is 9.22. The summed E-state index contributed by atoms with van der Waals surface area (Å²) in [6.45, 7) is 14.3. The Kier molecular flexibility index (Phi) is 13.4. The number of benzene rings is 4. The molecule has 59 heavy (non-hydrogen) atoms. The van der Waals surface area contributed by atoms with Crippen molar-refractivity contribution in [3.63, 3.8) is 0 Å². The number of methoxy groups -OCH3 is 1. The topological polar surface area (TPSA) is 87.9 Å². The summed E-state index contributed by atoms with van der Waals surface area (Å²) in [5.41, 5.74) is 11.2. The number of ether oxygens (including phenoxy) is 1. The average molecular weight is 813 g/mol. The number of carboxylic acid groups (broad SMARTS) is 1. The number of rotatable bonds is 10. The van der Waals surface area contributed by atoms with Gasteiger partial charge in [0, 0.05) is 71.6 Å². The molecule has 4 aromatic carbocycles. The summed E-state index contributed by atoms with van der Waals surface area (Å²) in [5.74, 6) is 0.628. The summed E-state index contributed by atoms with van der Waals surface area (Å²) >= 11 is 6.21. The van der Waals surface area contributed by atoms with E-state index in [0.717, 1.165) is 103 Å². The molecule has 6 aromatic rings. The number of aryl methyl sites for hydroxylation is 2. The highest BCUT2D eigenvalue weighted by Crippen LogP contribution is 2.46. The van der Waals surface area contributed by atoms with E-state index in [9.17, 15) is 14.7 Å². The Morgan fingerprint density at radius 3 is 2.19 bits per heavy atom. The number of halogens is 1. The lowest BCUT2D eigenvalue weighted by Gasteiger charge is -2.33. The number of hydrogen-bond acceptors (Lipinski definition) is 5. The highest BCUT2D eigenvalue weighted by atomic mass is 35.5. The van der Waals surface area contributed by atoms with Gasteiger partial charge in [-0.05, 0) is 109 Å². The Hall–Kier alpha value is -5.18. The van der Waals surface area contributed by atoms with Crippen LogP contribution in [0, 0.1) is 6.92 Å². The van der Waals surface area contributed by atoms with Crippen LogP contribution in [0.25, 0.3) is 55.4 Å². The van der Waals surface area contributed by atoms with Crippen molar-refractivity contribution in [1.29, 1.82) is 0 Å². The van der Waals surface area contributed by atoms with Gasteiger partial charge in [-0.3, -0.25) is 4.79 Å². The van der Waals surface area contributed by atoms with E-state index in [1.807, 2.05) is 54.3 Å². The number of carboxylic acids is 1. The van der Waals surface area contributed by atoms with E-state index in [-0.39, 0.29) is 0 Å². The molecule has 1 saturated carbocycles. The monoisotopic (exact) mass is 812 g/mol. The van der Waals surface area contributed by atoms with Gasteiger partial charge in [-0.25, -0.2) is 9.78 Å². The van der Waals surface area contributed by atoms with Gasteiger partial charge >= 0.3 is 5.97 Å². The Bertz CT molecular complexity index is 2440. The molecule has 0 unspecified atom stereocenters. The first-order valence-corrected chi connectivity index (χ1v) is 21.8. The number of carbonyl (C=O) groups is 2. The second-order valence-corrected chi connectivity index (χ2v) is 16.3. The third-order valence-electron chi connectivity index (χ3n) is 12.3. The molecule has 1 saturated heterocycles. The molecule has 0 bridgehead atoms. The van der Waals surface area contributed by atoms with Crippen molar-refractivity contribution in [1.82, 2.24) is 19.4 Å². The maximum atomic E-state index is 12.0. The molecule has 0 radical (unpaired) electrons. The quantitative estimate of drug-likeness (QED) is 0.148. The number of nitrogens with zero attached hydrogens (tertiary/aromatic N) is 4. The SMILES string of the molecule is CCC(=O)N1CCN(CC)CC1.CCCn1c(-c2ccc3nc(-c4cc(OC)ccc4-c4ccc(Cl)cc4)ccc3c2C)c(C2CCCCC2)c2ccc(C(=O)O)cc21. The lowest BCUT2D eigenvalue weighted by atomic mass is 9.81. The summed E-state index contributed by atoms with van der Waals surface area (Å²) in [4.78, 5) is 32.8. The smallest absolute Gasteiger partial charge is 0.335 e. The number of pyridine rings is 1. The lowest BCUT2D eigenvalue weighted by molar-refractivity contribution is -0.132. The number of hydrogen-bond donors (Lipinski definition) is 1. The number of aromatic carboxylic acids is 1. The van der Waals surface area contributed by atoms with Gasteiger partial charge in [0.1, 0.15) is 5.75 Å². The zero-order chi connectivity index (χ0) is 41.6. The average Bonchev–Trinajstić information content (AvgIpc) is 3.59. The van der Waals surface area contributed by atoms with E-state index >= 15 is 0 Å². The second kappa shape index (κ2) is 18.8. The number of carbonyl (C=O) groups excluding carboxylic acids is 1. The molecule has 308 valence electrons. The van der Waals surface area contributed by atoms with Crippen molar-refractivity contribution in [3.8, 4) is 39.4 Å². The zero-order valence-electron chi connectivity index (χ0n) is 35.2. The molecule has 1 amide bonds. The minimum absolute atomic E-state index is 0.297. The zero-order valence-corrected chi connectivity index (χ0v) is 35.9. The molecule has 0 atom stereocenters. The highest BCUT2D eigenvalue weighted by Gasteiger charge is 2.28. The summed E-state index contributed by atoms with van der Waals surface area (Å²) in [7, 11) is 1.68. The predicted octanol–water partition coefficient (Wildman–Crippen LogP) is 11.9. The molecule has 8 rings (SSSR count). The normalized spacial score (nSPS) is 15.0. The summed E-state index contributed by atoms with van der Waals surface area (Å²) < 4.78 is 8.00. The Labute approximate surface area is 353 Å². The van der Waals surface area contributed by atoms with Gasteiger partial charge in [0.15, 0.2) is 0 Å². The number of piperazine rings is 1. The van der Waals surface area contributed by atoms with Crippen LogP contribution in [0.3, 0.4) is 0 Å².